The molecule has 0 aliphatic rings. The molecule has 0 aliphatic heterocycles. The molecule has 1 aromatic rings. The van der Waals surface area contributed by atoms with Gasteiger partial charge in [-0.2, -0.15) is 0 Å². The zero-order valence-corrected chi connectivity index (χ0v) is 13.8. The molecule has 0 saturated carbocycles. The molecule has 0 fully saturated rings. The number of anilines is 1. The molecule has 0 unspecified atom stereocenters. The van der Waals surface area contributed by atoms with Crippen LogP contribution in [0.3, 0.4) is 0 Å². The highest BCUT2D eigenvalue weighted by atomic mass is 35.5. The first-order chi connectivity index (χ1) is 9.45. The minimum absolute atomic E-state index is 0. The molecule has 1 rings (SSSR count). The fraction of sp³-hybridized carbons (Fsp3) is 0.467. The second kappa shape index (κ2) is 9.37. The lowest BCUT2D eigenvalue weighted by molar-refractivity contribution is -0.116. The molecule has 2 amide bonds. The van der Waals surface area contributed by atoms with Crippen molar-refractivity contribution in [3.63, 3.8) is 0 Å². The summed E-state index contributed by atoms with van der Waals surface area (Å²) in [6, 6.07) is 5.34. The number of hydrogen-bond acceptors (Lipinski definition) is 3. The van der Waals surface area contributed by atoms with E-state index >= 15 is 0 Å². The fourth-order valence-corrected chi connectivity index (χ4v) is 1.87. The summed E-state index contributed by atoms with van der Waals surface area (Å²) in [4.78, 5) is 25.2. The van der Waals surface area contributed by atoms with Gasteiger partial charge in [-0.15, -0.1) is 12.4 Å². The molecule has 0 heterocycles. The number of rotatable bonds is 6. The zero-order valence-electron chi connectivity index (χ0n) is 13.0. The van der Waals surface area contributed by atoms with Crippen LogP contribution < -0.4 is 10.6 Å². The first-order valence-electron chi connectivity index (χ1n) is 6.72. The van der Waals surface area contributed by atoms with E-state index in [0.717, 1.165) is 24.2 Å². The van der Waals surface area contributed by atoms with Gasteiger partial charge in [0.2, 0.25) is 5.91 Å². The van der Waals surface area contributed by atoms with Gasteiger partial charge in [0.25, 0.3) is 5.91 Å². The Balaban J connectivity index is 0.00000400. The van der Waals surface area contributed by atoms with Crippen LogP contribution >= 0.6 is 12.4 Å². The largest absolute Gasteiger partial charge is 0.345 e. The molecule has 0 aromatic heterocycles. The predicted octanol–water partition coefficient (Wildman–Crippen LogP) is 2.06. The van der Waals surface area contributed by atoms with Crippen LogP contribution in [0.15, 0.2) is 18.2 Å². The molecule has 0 atom stereocenters. The van der Waals surface area contributed by atoms with E-state index in [-0.39, 0.29) is 24.2 Å². The molecule has 0 spiro atoms. The van der Waals surface area contributed by atoms with Crippen molar-refractivity contribution in [1.82, 2.24) is 10.2 Å². The third kappa shape index (κ3) is 6.14. The van der Waals surface area contributed by atoms with Gasteiger partial charge in [-0.3, -0.25) is 9.59 Å². The second-order valence-electron chi connectivity index (χ2n) is 4.98. The smallest absolute Gasteiger partial charge is 0.253 e. The molecule has 0 bridgehead atoms. The van der Waals surface area contributed by atoms with E-state index in [1.54, 1.807) is 31.1 Å². The molecule has 118 valence electrons. The average Bonchev–Trinajstić information content (AvgIpc) is 2.38. The van der Waals surface area contributed by atoms with Crippen molar-refractivity contribution in [3.05, 3.63) is 29.3 Å². The van der Waals surface area contributed by atoms with Crippen LogP contribution in [0.1, 0.15) is 28.8 Å². The highest BCUT2D eigenvalue weighted by Crippen LogP contribution is 2.16. The number of halogens is 1. The number of nitrogens with zero attached hydrogens (tertiary/aromatic N) is 1. The predicted molar refractivity (Wildman–Crippen MR) is 88.2 cm³/mol. The van der Waals surface area contributed by atoms with Crippen molar-refractivity contribution in [2.45, 2.75) is 19.8 Å². The van der Waals surface area contributed by atoms with Crippen molar-refractivity contribution >= 4 is 29.9 Å². The number of carbonyl (C=O) groups excluding carboxylic acids is 2. The standard InChI is InChI=1S/C15H23N3O2.ClH/c1-11-10-12(17-14(19)6-5-9-16-2)7-8-13(11)15(20)18(3)4;/h7-8,10,16H,5-6,9H2,1-4H3,(H,17,19);1H. The number of hydrogen-bond donors (Lipinski definition) is 2. The van der Waals surface area contributed by atoms with Crippen molar-refractivity contribution in [3.8, 4) is 0 Å². The van der Waals surface area contributed by atoms with Crippen LogP contribution in [0.5, 0.6) is 0 Å². The van der Waals surface area contributed by atoms with Crippen molar-refractivity contribution in [1.29, 1.82) is 0 Å². The third-order valence-electron chi connectivity index (χ3n) is 2.98. The molecule has 6 heteroatoms. The molecule has 1 aromatic carbocycles. The van der Waals surface area contributed by atoms with Crippen molar-refractivity contribution in [2.75, 3.05) is 33.0 Å². The topological polar surface area (TPSA) is 61.4 Å². The Labute approximate surface area is 132 Å². The van der Waals surface area contributed by atoms with Crippen molar-refractivity contribution < 1.29 is 9.59 Å². The monoisotopic (exact) mass is 313 g/mol. The Bertz CT molecular complexity index is 490. The first-order valence-corrected chi connectivity index (χ1v) is 6.72. The third-order valence-corrected chi connectivity index (χ3v) is 2.98. The van der Waals surface area contributed by atoms with E-state index in [1.165, 1.54) is 0 Å². The fourth-order valence-electron chi connectivity index (χ4n) is 1.87. The second-order valence-corrected chi connectivity index (χ2v) is 4.98. The van der Waals surface area contributed by atoms with E-state index in [4.69, 9.17) is 0 Å². The van der Waals surface area contributed by atoms with Crippen LogP contribution in [-0.4, -0.2) is 44.4 Å². The van der Waals surface area contributed by atoms with Gasteiger partial charge in [0, 0.05) is 31.8 Å². The summed E-state index contributed by atoms with van der Waals surface area (Å²) < 4.78 is 0. The molecule has 0 aliphatic carbocycles. The molecular weight excluding hydrogens is 290 g/mol. The highest BCUT2D eigenvalue weighted by molar-refractivity contribution is 5.97. The van der Waals surface area contributed by atoms with Gasteiger partial charge in [0.15, 0.2) is 0 Å². The number of carbonyl (C=O) groups is 2. The summed E-state index contributed by atoms with van der Waals surface area (Å²) in [5.41, 5.74) is 2.24. The van der Waals surface area contributed by atoms with Gasteiger partial charge in [-0.1, -0.05) is 0 Å². The SMILES string of the molecule is CNCCCC(=O)Nc1ccc(C(=O)N(C)C)c(C)c1.Cl. The van der Waals surface area contributed by atoms with Gasteiger partial charge in [0.05, 0.1) is 0 Å². The highest BCUT2D eigenvalue weighted by Gasteiger charge is 2.11. The maximum Gasteiger partial charge on any atom is 0.253 e. The molecule has 5 nitrogen and oxygen atoms in total. The quantitative estimate of drug-likeness (QED) is 0.790. The summed E-state index contributed by atoms with van der Waals surface area (Å²) >= 11 is 0. The zero-order chi connectivity index (χ0) is 15.1. The molecule has 21 heavy (non-hydrogen) atoms. The molecule has 0 saturated heterocycles. The van der Waals surface area contributed by atoms with E-state index < -0.39 is 0 Å². The van der Waals surface area contributed by atoms with E-state index in [2.05, 4.69) is 10.6 Å². The molecular formula is C15H24ClN3O2. The van der Waals surface area contributed by atoms with Gasteiger partial charge in [-0.05, 0) is 50.7 Å². The van der Waals surface area contributed by atoms with Gasteiger partial charge < -0.3 is 15.5 Å². The average molecular weight is 314 g/mol. The Kier molecular flexibility index (Phi) is 8.66. The molecule has 2 N–H and O–H groups in total. The van der Waals surface area contributed by atoms with Gasteiger partial charge in [-0.25, -0.2) is 0 Å². The Morgan fingerprint density at radius 3 is 2.43 bits per heavy atom. The minimum atomic E-state index is -0.0330. The number of benzene rings is 1. The number of aryl methyl sites for hydroxylation is 1. The van der Waals surface area contributed by atoms with E-state index in [0.29, 0.717) is 12.0 Å². The Morgan fingerprint density at radius 2 is 1.90 bits per heavy atom. The van der Waals surface area contributed by atoms with Gasteiger partial charge in [0.1, 0.15) is 0 Å². The lowest BCUT2D eigenvalue weighted by Crippen LogP contribution is -2.22. The summed E-state index contributed by atoms with van der Waals surface area (Å²) in [6.07, 6.45) is 1.29. The number of amides is 2. The van der Waals surface area contributed by atoms with Crippen LogP contribution in [0.2, 0.25) is 0 Å². The Morgan fingerprint density at radius 1 is 1.24 bits per heavy atom. The lowest BCUT2D eigenvalue weighted by atomic mass is 10.1. The van der Waals surface area contributed by atoms with Crippen molar-refractivity contribution in [2.24, 2.45) is 0 Å². The summed E-state index contributed by atoms with van der Waals surface area (Å²) in [7, 11) is 5.31. The van der Waals surface area contributed by atoms with Crippen LogP contribution in [0.4, 0.5) is 5.69 Å². The van der Waals surface area contributed by atoms with Crippen LogP contribution in [0, 0.1) is 6.92 Å². The minimum Gasteiger partial charge on any atom is -0.345 e. The summed E-state index contributed by atoms with van der Waals surface area (Å²) in [6.45, 7) is 2.69. The molecule has 0 radical (unpaired) electrons. The maximum absolute atomic E-state index is 11.9. The normalized spacial score (nSPS) is 9.71. The van der Waals surface area contributed by atoms with E-state index in [9.17, 15) is 9.59 Å². The van der Waals surface area contributed by atoms with Crippen LogP contribution in [-0.2, 0) is 4.79 Å². The lowest BCUT2D eigenvalue weighted by Gasteiger charge is -2.13. The van der Waals surface area contributed by atoms with Crippen LogP contribution in [0.25, 0.3) is 0 Å². The summed E-state index contributed by atoms with van der Waals surface area (Å²) in [5.74, 6) is -0.0410. The first kappa shape index (κ1) is 19.4. The summed E-state index contributed by atoms with van der Waals surface area (Å²) in [5, 5.41) is 5.85. The maximum atomic E-state index is 11.9. The van der Waals surface area contributed by atoms with Gasteiger partial charge >= 0.3 is 0 Å². The Hall–Kier alpha value is -1.59. The van der Waals surface area contributed by atoms with E-state index in [1.807, 2.05) is 20.0 Å². The number of nitrogens with one attached hydrogen (secondary N) is 2.